The van der Waals surface area contributed by atoms with Crippen molar-refractivity contribution in [3.05, 3.63) is 12.8 Å². The Morgan fingerprint density at radius 3 is 2.91 bits per heavy atom. The summed E-state index contributed by atoms with van der Waals surface area (Å²) in [6.07, 6.45) is 1.81. The zero-order valence-electron chi connectivity index (χ0n) is 7.03. The molecule has 64 valence electrons. The van der Waals surface area contributed by atoms with Gasteiger partial charge in [-0.05, 0) is 13.2 Å². The van der Waals surface area contributed by atoms with Gasteiger partial charge >= 0.3 is 0 Å². The lowest BCUT2D eigenvalue weighted by atomic mass is 10.2. The largest absolute Gasteiger partial charge is 0.394 e. The third-order valence-corrected chi connectivity index (χ3v) is 2.18. The Balaban J connectivity index is 2.47. The monoisotopic (exact) mass is 156 g/mol. The molecule has 0 bridgehead atoms. The highest BCUT2D eigenvalue weighted by atomic mass is 16.3. The normalized spacial score (nSPS) is 27.1. The van der Waals surface area contributed by atoms with E-state index in [0.29, 0.717) is 0 Å². The predicted octanol–water partition coefficient (Wildman–Crippen LogP) is -0.262. The van der Waals surface area contributed by atoms with E-state index in [1.165, 1.54) is 0 Å². The second-order valence-electron chi connectivity index (χ2n) is 3.02. The number of aliphatic hydroxyl groups excluding tert-OH is 1. The molecule has 1 fully saturated rings. The van der Waals surface area contributed by atoms with Gasteiger partial charge in [-0.25, -0.2) is 0 Å². The van der Waals surface area contributed by atoms with Crippen LogP contribution < -0.4 is 0 Å². The average Bonchev–Trinajstić information content (AvgIpc) is 2.04. The maximum absolute atomic E-state index is 8.99. The molecule has 0 saturated carbocycles. The molecule has 1 aliphatic heterocycles. The second-order valence-corrected chi connectivity index (χ2v) is 3.02. The first-order chi connectivity index (χ1) is 5.27. The smallest absolute Gasteiger partial charge is 0.0647 e. The number of piperazine rings is 1. The Kier molecular flexibility index (Phi) is 2.91. The Labute approximate surface area is 67.9 Å². The van der Waals surface area contributed by atoms with Crippen LogP contribution >= 0.6 is 0 Å². The van der Waals surface area contributed by atoms with Crippen LogP contribution in [0.5, 0.6) is 0 Å². The minimum atomic E-state index is 0.219. The first-order valence-electron chi connectivity index (χ1n) is 3.95. The standard InChI is InChI=1S/C8H16N2O/c1-3-10-5-4-9(2)6-8(10)7-11/h3,8,11H,1,4-7H2,2H3. The lowest BCUT2D eigenvalue weighted by Gasteiger charge is -2.38. The van der Waals surface area contributed by atoms with Crippen molar-refractivity contribution in [1.82, 2.24) is 9.80 Å². The van der Waals surface area contributed by atoms with Gasteiger partial charge in [0.25, 0.3) is 0 Å². The number of likely N-dealkylation sites (N-methyl/N-ethyl adjacent to an activating group) is 1. The fraction of sp³-hybridized carbons (Fsp3) is 0.750. The zero-order chi connectivity index (χ0) is 8.27. The van der Waals surface area contributed by atoms with Gasteiger partial charge in [0, 0.05) is 19.6 Å². The molecule has 11 heavy (non-hydrogen) atoms. The van der Waals surface area contributed by atoms with E-state index in [4.69, 9.17) is 5.11 Å². The highest BCUT2D eigenvalue weighted by molar-refractivity contribution is 4.85. The van der Waals surface area contributed by atoms with Crippen molar-refractivity contribution in [2.45, 2.75) is 6.04 Å². The summed E-state index contributed by atoms with van der Waals surface area (Å²) in [5.74, 6) is 0. The Hall–Kier alpha value is -0.540. The van der Waals surface area contributed by atoms with E-state index >= 15 is 0 Å². The van der Waals surface area contributed by atoms with Crippen LogP contribution in [-0.4, -0.2) is 54.2 Å². The third-order valence-electron chi connectivity index (χ3n) is 2.18. The van der Waals surface area contributed by atoms with Crippen LogP contribution in [0.25, 0.3) is 0 Å². The van der Waals surface area contributed by atoms with Crippen LogP contribution in [0.15, 0.2) is 12.8 Å². The maximum atomic E-state index is 8.99. The summed E-state index contributed by atoms with van der Waals surface area (Å²) >= 11 is 0. The summed E-state index contributed by atoms with van der Waals surface area (Å²) in [4.78, 5) is 4.32. The molecule has 1 atom stereocenters. The van der Waals surface area contributed by atoms with Crippen molar-refractivity contribution >= 4 is 0 Å². The van der Waals surface area contributed by atoms with Crippen LogP contribution in [-0.2, 0) is 0 Å². The number of aliphatic hydroxyl groups is 1. The lowest BCUT2D eigenvalue weighted by Crippen LogP contribution is -2.50. The zero-order valence-corrected chi connectivity index (χ0v) is 7.03. The van der Waals surface area contributed by atoms with E-state index in [9.17, 15) is 0 Å². The molecule has 0 aromatic rings. The van der Waals surface area contributed by atoms with E-state index in [1.807, 2.05) is 6.20 Å². The van der Waals surface area contributed by atoms with Gasteiger partial charge in [0.1, 0.15) is 0 Å². The summed E-state index contributed by atoms with van der Waals surface area (Å²) in [6.45, 7) is 6.89. The number of nitrogens with zero attached hydrogens (tertiary/aromatic N) is 2. The molecule has 0 amide bonds. The van der Waals surface area contributed by atoms with Gasteiger partial charge in [-0.2, -0.15) is 0 Å². The molecule has 3 nitrogen and oxygen atoms in total. The van der Waals surface area contributed by atoms with E-state index in [2.05, 4.69) is 23.4 Å². The fourth-order valence-corrected chi connectivity index (χ4v) is 1.43. The molecule has 0 spiro atoms. The van der Waals surface area contributed by atoms with E-state index in [-0.39, 0.29) is 12.6 Å². The van der Waals surface area contributed by atoms with Crippen molar-refractivity contribution in [2.75, 3.05) is 33.3 Å². The summed E-state index contributed by atoms with van der Waals surface area (Å²) in [7, 11) is 2.07. The molecule has 0 aliphatic carbocycles. The topological polar surface area (TPSA) is 26.7 Å². The molecule has 1 saturated heterocycles. The summed E-state index contributed by atoms with van der Waals surface area (Å²) in [5.41, 5.74) is 0. The molecule has 1 N–H and O–H groups in total. The van der Waals surface area contributed by atoms with Gasteiger partial charge in [0.05, 0.1) is 12.6 Å². The van der Waals surface area contributed by atoms with Crippen molar-refractivity contribution < 1.29 is 5.11 Å². The molecule has 3 heteroatoms. The van der Waals surface area contributed by atoms with Crippen molar-refractivity contribution in [3.63, 3.8) is 0 Å². The molecular formula is C8H16N2O. The SMILES string of the molecule is C=CN1CCN(C)CC1CO. The van der Waals surface area contributed by atoms with Crippen molar-refractivity contribution in [3.8, 4) is 0 Å². The van der Waals surface area contributed by atoms with Gasteiger partial charge in [0.15, 0.2) is 0 Å². The van der Waals surface area contributed by atoms with E-state index in [1.54, 1.807) is 0 Å². The van der Waals surface area contributed by atoms with Crippen LogP contribution in [0.4, 0.5) is 0 Å². The highest BCUT2D eigenvalue weighted by Gasteiger charge is 2.20. The van der Waals surface area contributed by atoms with Gasteiger partial charge < -0.3 is 14.9 Å². The number of rotatable bonds is 2. The van der Waals surface area contributed by atoms with Crippen LogP contribution in [0.1, 0.15) is 0 Å². The maximum Gasteiger partial charge on any atom is 0.0647 e. The average molecular weight is 156 g/mol. The molecule has 0 aromatic heterocycles. The first-order valence-corrected chi connectivity index (χ1v) is 3.95. The fourth-order valence-electron chi connectivity index (χ4n) is 1.43. The minimum Gasteiger partial charge on any atom is -0.394 e. The Morgan fingerprint density at radius 2 is 2.36 bits per heavy atom. The summed E-state index contributed by atoms with van der Waals surface area (Å²) < 4.78 is 0. The molecular weight excluding hydrogens is 140 g/mol. The van der Waals surface area contributed by atoms with E-state index in [0.717, 1.165) is 19.6 Å². The highest BCUT2D eigenvalue weighted by Crippen LogP contribution is 2.07. The van der Waals surface area contributed by atoms with Crippen molar-refractivity contribution in [1.29, 1.82) is 0 Å². The predicted molar refractivity (Wildman–Crippen MR) is 45.3 cm³/mol. The summed E-state index contributed by atoms with van der Waals surface area (Å²) in [6, 6.07) is 0.242. The molecule has 1 heterocycles. The molecule has 1 aliphatic rings. The van der Waals surface area contributed by atoms with Crippen LogP contribution in [0, 0.1) is 0 Å². The van der Waals surface area contributed by atoms with E-state index < -0.39 is 0 Å². The Bertz CT molecular complexity index is 138. The number of hydrogen-bond donors (Lipinski definition) is 1. The lowest BCUT2D eigenvalue weighted by molar-refractivity contribution is 0.0850. The first kappa shape index (κ1) is 8.56. The quantitative estimate of drug-likeness (QED) is 0.596. The second kappa shape index (κ2) is 3.74. The van der Waals surface area contributed by atoms with Crippen molar-refractivity contribution in [2.24, 2.45) is 0 Å². The third kappa shape index (κ3) is 1.94. The van der Waals surface area contributed by atoms with Gasteiger partial charge in [-0.1, -0.05) is 6.58 Å². The number of hydrogen-bond acceptors (Lipinski definition) is 3. The Morgan fingerprint density at radius 1 is 1.64 bits per heavy atom. The van der Waals surface area contributed by atoms with Crippen LogP contribution in [0.2, 0.25) is 0 Å². The molecule has 0 radical (unpaired) electrons. The van der Waals surface area contributed by atoms with Gasteiger partial charge in [-0.3, -0.25) is 0 Å². The summed E-state index contributed by atoms with van der Waals surface area (Å²) in [5, 5.41) is 8.99. The molecule has 1 rings (SSSR count). The minimum absolute atomic E-state index is 0.219. The molecule has 0 aromatic carbocycles. The molecule has 1 unspecified atom stereocenters. The van der Waals surface area contributed by atoms with Gasteiger partial charge in [0.2, 0.25) is 0 Å². The van der Waals surface area contributed by atoms with Gasteiger partial charge in [-0.15, -0.1) is 0 Å². The van der Waals surface area contributed by atoms with Crippen LogP contribution in [0.3, 0.4) is 0 Å².